The minimum atomic E-state index is -0.685. The Morgan fingerprint density at radius 1 is 0.963 bits per heavy atom. The van der Waals surface area contributed by atoms with Crippen molar-refractivity contribution in [3.8, 4) is 0 Å². The fourth-order valence-electron chi connectivity index (χ4n) is 2.96. The number of benzene rings is 2. The molecule has 0 spiro atoms. The summed E-state index contributed by atoms with van der Waals surface area (Å²) < 4.78 is 0. The summed E-state index contributed by atoms with van der Waals surface area (Å²) in [6.07, 6.45) is 2.28. The summed E-state index contributed by atoms with van der Waals surface area (Å²) in [7, 11) is 0. The van der Waals surface area contributed by atoms with Crippen LogP contribution in [-0.4, -0.2) is 29.0 Å². The summed E-state index contributed by atoms with van der Waals surface area (Å²) in [5.41, 5.74) is 2.66. The fourth-order valence-corrected chi connectivity index (χ4v) is 2.96. The Kier molecular flexibility index (Phi) is 5.76. The van der Waals surface area contributed by atoms with Gasteiger partial charge in [0.25, 0.3) is 0 Å². The molecule has 0 aliphatic carbocycles. The first-order valence-corrected chi connectivity index (χ1v) is 9.01. The lowest BCUT2D eigenvalue weighted by molar-refractivity contribution is -0.123. The molecule has 0 fully saturated rings. The Bertz CT molecular complexity index is 918. The first-order valence-electron chi connectivity index (χ1n) is 9.01. The van der Waals surface area contributed by atoms with Crippen molar-refractivity contribution in [2.24, 2.45) is 0 Å². The highest BCUT2D eigenvalue weighted by molar-refractivity contribution is 5.94. The van der Waals surface area contributed by atoms with Crippen LogP contribution < -0.4 is 16.0 Å². The monoisotopic (exact) mass is 364 g/mol. The Hall–Kier alpha value is -3.28. The number of fused-ring (bicyclic) bond motifs is 1. The highest BCUT2D eigenvalue weighted by Crippen LogP contribution is 2.19. The second-order valence-corrected chi connectivity index (χ2v) is 6.74. The van der Waals surface area contributed by atoms with Crippen LogP contribution in [-0.2, 0) is 11.2 Å². The maximum Gasteiger partial charge on any atom is 0.319 e. The lowest BCUT2D eigenvalue weighted by Gasteiger charge is -2.20. The lowest BCUT2D eigenvalue weighted by atomic mass is 10.0. The third kappa shape index (κ3) is 4.88. The van der Waals surface area contributed by atoms with Gasteiger partial charge < -0.3 is 20.9 Å². The summed E-state index contributed by atoms with van der Waals surface area (Å²) in [5.74, 6) is -0.210. The van der Waals surface area contributed by atoms with Crippen molar-refractivity contribution in [2.75, 3.05) is 5.32 Å². The normalized spacial score (nSPS) is 12.0. The zero-order valence-electron chi connectivity index (χ0n) is 15.5. The van der Waals surface area contributed by atoms with Crippen LogP contribution in [0.3, 0.4) is 0 Å². The first kappa shape index (κ1) is 18.5. The van der Waals surface area contributed by atoms with E-state index in [1.54, 1.807) is 12.1 Å². The average molecular weight is 364 g/mol. The molecule has 27 heavy (non-hydrogen) atoms. The van der Waals surface area contributed by atoms with Crippen LogP contribution in [0.4, 0.5) is 10.5 Å². The van der Waals surface area contributed by atoms with Gasteiger partial charge in [-0.05, 0) is 37.6 Å². The van der Waals surface area contributed by atoms with Crippen molar-refractivity contribution in [2.45, 2.75) is 32.4 Å². The molecule has 0 saturated heterocycles. The zero-order valence-corrected chi connectivity index (χ0v) is 15.5. The second-order valence-electron chi connectivity index (χ2n) is 6.74. The van der Waals surface area contributed by atoms with Crippen LogP contribution >= 0.6 is 0 Å². The van der Waals surface area contributed by atoms with E-state index in [0.717, 1.165) is 16.5 Å². The third-order valence-electron chi connectivity index (χ3n) is 4.18. The zero-order chi connectivity index (χ0) is 19.2. The predicted molar refractivity (Wildman–Crippen MR) is 108 cm³/mol. The molecule has 1 aromatic heterocycles. The molecule has 3 rings (SSSR count). The van der Waals surface area contributed by atoms with Crippen molar-refractivity contribution < 1.29 is 9.59 Å². The molecule has 1 atom stereocenters. The Labute approximate surface area is 158 Å². The number of anilines is 1. The summed E-state index contributed by atoms with van der Waals surface area (Å²) in [4.78, 5) is 28.2. The van der Waals surface area contributed by atoms with E-state index in [0.29, 0.717) is 12.1 Å². The van der Waals surface area contributed by atoms with E-state index in [1.807, 2.05) is 62.5 Å². The molecule has 4 N–H and O–H groups in total. The smallest absolute Gasteiger partial charge is 0.319 e. The summed E-state index contributed by atoms with van der Waals surface area (Å²) in [6.45, 7) is 3.79. The van der Waals surface area contributed by atoms with Crippen molar-refractivity contribution in [1.29, 1.82) is 0 Å². The van der Waals surface area contributed by atoms with Gasteiger partial charge in [0.1, 0.15) is 6.04 Å². The van der Waals surface area contributed by atoms with E-state index in [2.05, 4.69) is 20.9 Å². The molecule has 2 aromatic carbocycles. The quantitative estimate of drug-likeness (QED) is 0.540. The number of H-pyrrole nitrogens is 1. The molecular formula is C21H24N4O2. The number of nitrogens with one attached hydrogen (secondary N) is 4. The van der Waals surface area contributed by atoms with E-state index < -0.39 is 12.1 Å². The van der Waals surface area contributed by atoms with Crippen LogP contribution in [0, 0.1) is 0 Å². The minimum Gasteiger partial charge on any atom is -0.361 e. The molecule has 0 bridgehead atoms. The number of carbonyl (C=O) groups is 2. The Balaban J connectivity index is 1.76. The van der Waals surface area contributed by atoms with Crippen LogP contribution in [0.25, 0.3) is 10.9 Å². The Morgan fingerprint density at radius 2 is 1.67 bits per heavy atom. The number of aromatic amines is 1. The topological polar surface area (TPSA) is 86.0 Å². The van der Waals surface area contributed by atoms with E-state index >= 15 is 0 Å². The van der Waals surface area contributed by atoms with Crippen LogP contribution in [0.2, 0.25) is 0 Å². The Morgan fingerprint density at radius 3 is 2.41 bits per heavy atom. The molecule has 0 radical (unpaired) electrons. The van der Waals surface area contributed by atoms with Crippen molar-refractivity contribution in [3.05, 3.63) is 66.4 Å². The number of carbonyl (C=O) groups excluding carboxylic acids is 2. The number of aromatic nitrogens is 1. The van der Waals surface area contributed by atoms with Crippen LogP contribution in [0.1, 0.15) is 19.4 Å². The number of hydrogen-bond acceptors (Lipinski definition) is 2. The highest BCUT2D eigenvalue weighted by atomic mass is 16.2. The van der Waals surface area contributed by atoms with Gasteiger partial charge in [-0.3, -0.25) is 4.79 Å². The number of hydrogen-bond donors (Lipinski definition) is 4. The van der Waals surface area contributed by atoms with E-state index in [4.69, 9.17) is 0 Å². The largest absolute Gasteiger partial charge is 0.361 e. The minimum absolute atomic E-state index is 0.0121. The van der Waals surface area contributed by atoms with Crippen molar-refractivity contribution in [1.82, 2.24) is 15.6 Å². The molecule has 3 amide bonds. The van der Waals surface area contributed by atoms with E-state index in [-0.39, 0.29) is 11.9 Å². The molecule has 140 valence electrons. The van der Waals surface area contributed by atoms with Crippen molar-refractivity contribution >= 4 is 28.5 Å². The van der Waals surface area contributed by atoms with Gasteiger partial charge in [-0.1, -0.05) is 36.4 Å². The summed E-state index contributed by atoms with van der Waals surface area (Å²) >= 11 is 0. The van der Waals surface area contributed by atoms with Gasteiger partial charge >= 0.3 is 6.03 Å². The maximum atomic E-state index is 12.6. The van der Waals surface area contributed by atoms with Crippen LogP contribution in [0.5, 0.6) is 0 Å². The van der Waals surface area contributed by atoms with Gasteiger partial charge in [0.2, 0.25) is 5.91 Å². The molecule has 6 heteroatoms. The summed E-state index contributed by atoms with van der Waals surface area (Å²) in [5, 5.41) is 9.48. The van der Waals surface area contributed by atoms with Gasteiger partial charge in [-0.15, -0.1) is 0 Å². The maximum absolute atomic E-state index is 12.6. The molecular weight excluding hydrogens is 340 g/mol. The number of para-hydroxylation sites is 2. The predicted octanol–water partition coefficient (Wildman–Crippen LogP) is 3.43. The molecule has 1 heterocycles. The second kappa shape index (κ2) is 8.40. The standard InChI is InChI=1S/C21H24N4O2/c1-14(2)23-20(26)19(25-21(27)24-16-8-4-3-5-9-16)12-15-13-22-18-11-7-6-10-17(15)18/h3-11,13-14,19,22H,12H2,1-2H3,(H,23,26)(H2,24,25,27)/t19-/m0/s1. The fraction of sp³-hybridized carbons (Fsp3) is 0.238. The number of amides is 3. The highest BCUT2D eigenvalue weighted by Gasteiger charge is 2.23. The van der Waals surface area contributed by atoms with Gasteiger partial charge in [0.15, 0.2) is 0 Å². The third-order valence-corrected chi connectivity index (χ3v) is 4.18. The van der Waals surface area contributed by atoms with Gasteiger partial charge in [0.05, 0.1) is 0 Å². The molecule has 0 aliphatic rings. The number of rotatable bonds is 6. The molecule has 6 nitrogen and oxygen atoms in total. The molecule has 0 unspecified atom stereocenters. The van der Waals surface area contributed by atoms with E-state index in [1.165, 1.54) is 0 Å². The summed E-state index contributed by atoms with van der Waals surface area (Å²) in [6, 6.07) is 15.9. The average Bonchev–Trinajstić information content (AvgIpc) is 3.04. The lowest BCUT2D eigenvalue weighted by Crippen LogP contribution is -2.50. The SMILES string of the molecule is CC(C)NC(=O)[C@H](Cc1c[nH]c2ccccc12)NC(=O)Nc1ccccc1. The number of urea groups is 1. The van der Waals surface area contributed by atoms with E-state index in [9.17, 15) is 9.59 Å². The van der Waals surface area contributed by atoms with Crippen LogP contribution in [0.15, 0.2) is 60.8 Å². The molecule has 0 saturated carbocycles. The molecule has 3 aromatic rings. The van der Waals surface area contributed by atoms with Gasteiger partial charge in [-0.2, -0.15) is 0 Å². The van der Waals surface area contributed by atoms with Gasteiger partial charge in [-0.25, -0.2) is 4.79 Å². The van der Waals surface area contributed by atoms with Crippen molar-refractivity contribution in [3.63, 3.8) is 0 Å². The van der Waals surface area contributed by atoms with Gasteiger partial charge in [0, 0.05) is 35.2 Å². The molecule has 0 aliphatic heterocycles. The first-order chi connectivity index (χ1) is 13.0.